The number of aliphatic hydroxyl groups excluding tert-OH is 2. The summed E-state index contributed by atoms with van der Waals surface area (Å²) in [5, 5.41) is 18.4. The van der Waals surface area contributed by atoms with E-state index in [1.165, 1.54) is 50.5 Å². The molecule has 0 radical (unpaired) electrons. The molecule has 2 heteroatoms. The van der Waals surface area contributed by atoms with Crippen molar-refractivity contribution in [3.05, 3.63) is 11.6 Å². The van der Waals surface area contributed by atoms with Gasteiger partial charge in [-0.25, -0.2) is 0 Å². The van der Waals surface area contributed by atoms with Crippen LogP contribution in [0.4, 0.5) is 0 Å². The summed E-state index contributed by atoms with van der Waals surface area (Å²) in [6.45, 7) is 0.624. The summed E-state index contributed by atoms with van der Waals surface area (Å²) in [6, 6.07) is 0. The Morgan fingerprint density at radius 2 is 1.88 bits per heavy atom. The van der Waals surface area contributed by atoms with Crippen molar-refractivity contribution in [2.24, 2.45) is 17.8 Å². The van der Waals surface area contributed by atoms with Crippen LogP contribution in [-0.4, -0.2) is 23.4 Å². The number of hydrogen-bond donors (Lipinski definition) is 2. The Balaban J connectivity index is 1.83. The minimum atomic E-state index is 0.250. The lowest BCUT2D eigenvalue weighted by molar-refractivity contribution is 0.150. The summed E-state index contributed by atoms with van der Waals surface area (Å²) >= 11 is 0. The highest BCUT2D eigenvalue weighted by Gasteiger charge is 2.24. The fourth-order valence-electron chi connectivity index (χ4n) is 3.62. The molecule has 2 rings (SSSR count). The zero-order valence-electron chi connectivity index (χ0n) is 10.8. The van der Waals surface area contributed by atoms with E-state index in [1.54, 1.807) is 0 Å². The molecule has 1 saturated carbocycles. The summed E-state index contributed by atoms with van der Waals surface area (Å²) in [4.78, 5) is 0. The van der Waals surface area contributed by atoms with Crippen LogP contribution in [0.3, 0.4) is 0 Å². The van der Waals surface area contributed by atoms with Gasteiger partial charge in [-0.1, -0.05) is 18.9 Å². The second kappa shape index (κ2) is 6.55. The summed E-state index contributed by atoms with van der Waals surface area (Å²) in [6.07, 6.45) is 12.3. The van der Waals surface area contributed by atoms with E-state index >= 15 is 0 Å². The van der Waals surface area contributed by atoms with Gasteiger partial charge in [0.25, 0.3) is 0 Å². The monoisotopic (exact) mass is 238 g/mol. The van der Waals surface area contributed by atoms with Crippen molar-refractivity contribution in [3.63, 3.8) is 0 Å². The lowest BCUT2D eigenvalue weighted by Gasteiger charge is -2.31. The van der Waals surface area contributed by atoms with E-state index in [0.29, 0.717) is 18.4 Å². The average Bonchev–Trinajstić information content (AvgIpc) is 2.39. The molecule has 0 aliphatic heterocycles. The molecule has 98 valence electrons. The zero-order valence-corrected chi connectivity index (χ0v) is 10.8. The molecule has 0 aromatic heterocycles. The minimum absolute atomic E-state index is 0.250. The van der Waals surface area contributed by atoms with Crippen molar-refractivity contribution < 1.29 is 10.2 Å². The largest absolute Gasteiger partial charge is 0.396 e. The van der Waals surface area contributed by atoms with Gasteiger partial charge < -0.3 is 10.2 Å². The fourth-order valence-corrected chi connectivity index (χ4v) is 3.62. The van der Waals surface area contributed by atoms with Crippen LogP contribution in [0.15, 0.2) is 11.6 Å². The molecule has 0 bridgehead atoms. The molecule has 0 saturated heterocycles. The van der Waals surface area contributed by atoms with Crippen molar-refractivity contribution in [3.8, 4) is 0 Å². The third kappa shape index (κ3) is 3.82. The summed E-state index contributed by atoms with van der Waals surface area (Å²) < 4.78 is 0. The van der Waals surface area contributed by atoms with E-state index in [1.807, 2.05) is 0 Å². The number of aliphatic hydroxyl groups is 2. The normalized spacial score (nSPS) is 34.5. The van der Waals surface area contributed by atoms with Gasteiger partial charge in [0.05, 0.1) is 6.61 Å². The van der Waals surface area contributed by atoms with E-state index in [0.717, 1.165) is 12.3 Å². The first-order valence-electron chi connectivity index (χ1n) is 7.23. The maximum atomic E-state index is 9.25. The van der Waals surface area contributed by atoms with Gasteiger partial charge in [-0.2, -0.15) is 0 Å². The Morgan fingerprint density at radius 1 is 1.06 bits per heavy atom. The molecule has 0 aromatic carbocycles. The van der Waals surface area contributed by atoms with Crippen LogP contribution in [0.25, 0.3) is 0 Å². The molecular formula is C15H26O2. The highest BCUT2D eigenvalue weighted by atomic mass is 16.3. The standard InChI is InChI=1S/C15H26O2/c16-10-14-5-1-3-12(8-14)7-13-4-2-6-15(9-13)11-17/h8,12-13,15-17H,1-7,9-11H2. The Hall–Kier alpha value is -0.340. The fraction of sp³-hybridized carbons (Fsp3) is 0.867. The molecule has 0 spiro atoms. The molecule has 0 amide bonds. The maximum Gasteiger partial charge on any atom is 0.0641 e. The Morgan fingerprint density at radius 3 is 2.65 bits per heavy atom. The maximum absolute atomic E-state index is 9.25. The van der Waals surface area contributed by atoms with E-state index in [2.05, 4.69) is 6.08 Å². The number of hydrogen-bond acceptors (Lipinski definition) is 2. The van der Waals surface area contributed by atoms with E-state index in [-0.39, 0.29) is 6.61 Å². The van der Waals surface area contributed by atoms with Crippen LogP contribution < -0.4 is 0 Å². The predicted molar refractivity (Wildman–Crippen MR) is 69.7 cm³/mol. The lowest BCUT2D eigenvalue weighted by atomic mass is 9.75. The lowest BCUT2D eigenvalue weighted by Crippen LogP contribution is -2.21. The van der Waals surface area contributed by atoms with Crippen LogP contribution in [0, 0.1) is 17.8 Å². The highest BCUT2D eigenvalue weighted by molar-refractivity contribution is 5.08. The summed E-state index contributed by atoms with van der Waals surface area (Å²) in [7, 11) is 0. The molecule has 0 aromatic rings. The van der Waals surface area contributed by atoms with E-state index in [9.17, 15) is 10.2 Å². The molecule has 3 atom stereocenters. The van der Waals surface area contributed by atoms with Crippen molar-refractivity contribution >= 4 is 0 Å². The molecule has 2 nitrogen and oxygen atoms in total. The molecule has 2 aliphatic rings. The van der Waals surface area contributed by atoms with Crippen molar-refractivity contribution in [2.75, 3.05) is 13.2 Å². The van der Waals surface area contributed by atoms with Crippen LogP contribution >= 0.6 is 0 Å². The average molecular weight is 238 g/mol. The Bertz CT molecular complexity index is 260. The van der Waals surface area contributed by atoms with E-state index < -0.39 is 0 Å². The van der Waals surface area contributed by atoms with Gasteiger partial charge in [0.15, 0.2) is 0 Å². The first-order chi connectivity index (χ1) is 8.31. The van der Waals surface area contributed by atoms with Crippen LogP contribution in [0.5, 0.6) is 0 Å². The second-order valence-corrected chi connectivity index (χ2v) is 5.95. The predicted octanol–water partition coefficient (Wildman–Crippen LogP) is 2.89. The third-order valence-electron chi connectivity index (χ3n) is 4.53. The Labute approximate surface area is 105 Å². The van der Waals surface area contributed by atoms with Crippen molar-refractivity contribution in [1.82, 2.24) is 0 Å². The van der Waals surface area contributed by atoms with Crippen molar-refractivity contribution in [1.29, 1.82) is 0 Å². The third-order valence-corrected chi connectivity index (χ3v) is 4.53. The molecule has 2 aliphatic carbocycles. The van der Waals surface area contributed by atoms with Gasteiger partial charge in [-0.3, -0.25) is 0 Å². The van der Waals surface area contributed by atoms with Gasteiger partial charge in [-0.05, 0) is 61.9 Å². The first-order valence-corrected chi connectivity index (χ1v) is 7.23. The van der Waals surface area contributed by atoms with Gasteiger partial charge in [0.2, 0.25) is 0 Å². The number of rotatable bonds is 4. The minimum Gasteiger partial charge on any atom is -0.396 e. The highest BCUT2D eigenvalue weighted by Crippen LogP contribution is 2.36. The SMILES string of the molecule is OCC1=CC(CC2CCCC(CO)C2)CCC1. The quantitative estimate of drug-likeness (QED) is 0.739. The smallest absolute Gasteiger partial charge is 0.0641 e. The molecule has 0 heterocycles. The van der Waals surface area contributed by atoms with Crippen LogP contribution in [0.2, 0.25) is 0 Å². The molecular weight excluding hydrogens is 212 g/mol. The number of allylic oxidation sites excluding steroid dienone is 1. The van der Waals surface area contributed by atoms with Gasteiger partial charge in [0, 0.05) is 6.61 Å². The molecule has 3 unspecified atom stereocenters. The summed E-state index contributed by atoms with van der Waals surface area (Å²) in [5.41, 5.74) is 1.25. The zero-order chi connectivity index (χ0) is 12.1. The van der Waals surface area contributed by atoms with Gasteiger partial charge >= 0.3 is 0 Å². The first kappa shape index (κ1) is 13.1. The van der Waals surface area contributed by atoms with Crippen LogP contribution in [0.1, 0.15) is 51.4 Å². The molecule has 17 heavy (non-hydrogen) atoms. The molecule has 1 fully saturated rings. The summed E-state index contributed by atoms with van der Waals surface area (Å²) in [5.74, 6) is 2.05. The second-order valence-electron chi connectivity index (χ2n) is 5.95. The molecule has 2 N–H and O–H groups in total. The van der Waals surface area contributed by atoms with Gasteiger partial charge in [0.1, 0.15) is 0 Å². The van der Waals surface area contributed by atoms with Crippen molar-refractivity contribution in [2.45, 2.75) is 51.4 Å². The van der Waals surface area contributed by atoms with Gasteiger partial charge in [-0.15, -0.1) is 0 Å². The topological polar surface area (TPSA) is 40.5 Å². The van der Waals surface area contributed by atoms with E-state index in [4.69, 9.17) is 0 Å². The van der Waals surface area contributed by atoms with Crippen LogP contribution in [-0.2, 0) is 0 Å². The Kier molecular flexibility index (Phi) is 5.05.